The zero-order valence-corrected chi connectivity index (χ0v) is 12.4. The Hall–Kier alpha value is -1.06. The fourth-order valence-electron chi connectivity index (χ4n) is 3.91. The molecule has 3 N–H and O–H groups in total. The number of rotatable bonds is 5. The molecule has 3 nitrogen and oxygen atoms in total. The highest BCUT2D eigenvalue weighted by atomic mass is 16.5. The Morgan fingerprint density at radius 3 is 2.60 bits per heavy atom. The molecule has 110 valence electrons. The summed E-state index contributed by atoms with van der Waals surface area (Å²) < 4.78 is 5.39. The van der Waals surface area contributed by atoms with Gasteiger partial charge in [-0.3, -0.25) is 0 Å². The SMILES string of the molecule is COc1cc(C(CN)C(O)C2CC3CC3C2)ccc1C. The molecule has 2 saturated carbocycles. The van der Waals surface area contributed by atoms with Gasteiger partial charge in [-0.25, -0.2) is 0 Å². The van der Waals surface area contributed by atoms with Crippen molar-refractivity contribution in [2.75, 3.05) is 13.7 Å². The molecule has 2 fully saturated rings. The van der Waals surface area contributed by atoms with E-state index in [1.165, 1.54) is 19.3 Å². The molecule has 2 aliphatic rings. The zero-order chi connectivity index (χ0) is 14.3. The van der Waals surface area contributed by atoms with Crippen LogP contribution in [0.15, 0.2) is 18.2 Å². The maximum Gasteiger partial charge on any atom is 0.122 e. The highest BCUT2D eigenvalue weighted by molar-refractivity contribution is 5.38. The largest absolute Gasteiger partial charge is 0.496 e. The molecule has 4 atom stereocenters. The molecule has 0 bridgehead atoms. The highest BCUT2D eigenvalue weighted by Gasteiger charge is 2.48. The van der Waals surface area contributed by atoms with Crippen LogP contribution in [0, 0.1) is 24.7 Å². The van der Waals surface area contributed by atoms with Gasteiger partial charge >= 0.3 is 0 Å². The second kappa shape index (κ2) is 5.38. The van der Waals surface area contributed by atoms with Crippen LogP contribution in [-0.4, -0.2) is 24.9 Å². The van der Waals surface area contributed by atoms with Gasteiger partial charge in [-0.1, -0.05) is 12.1 Å². The van der Waals surface area contributed by atoms with Gasteiger partial charge in [0.05, 0.1) is 13.2 Å². The number of benzene rings is 1. The van der Waals surface area contributed by atoms with Crippen molar-refractivity contribution in [1.82, 2.24) is 0 Å². The minimum atomic E-state index is -0.319. The number of nitrogens with two attached hydrogens (primary N) is 1. The maximum absolute atomic E-state index is 10.7. The average molecular weight is 275 g/mol. The summed E-state index contributed by atoms with van der Waals surface area (Å²) in [5, 5.41) is 10.7. The van der Waals surface area contributed by atoms with Crippen LogP contribution in [0.3, 0.4) is 0 Å². The first kappa shape index (κ1) is 13.9. The fourth-order valence-corrected chi connectivity index (χ4v) is 3.91. The van der Waals surface area contributed by atoms with Gasteiger partial charge in [0.2, 0.25) is 0 Å². The van der Waals surface area contributed by atoms with Gasteiger partial charge in [-0.15, -0.1) is 0 Å². The van der Waals surface area contributed by atoms with Crippen molar-refractivity contribution in [3.05, 3.63) is 29.3 Å². The average Bonchev–Trinajstić information content (AvgIpc) is 3.07. The van der Waals surface area contributed by atoms with Gasteiger partial charge in [0.1, 0.15) is 5.75 Å². The summed E-state index contributed by atoms with van der Waals surface area (Å²) in [7, 11) is 1.69. The van der Waals surface area contributed by atoms with E-state index in [2.05, 4.69) is 12.1 Å². The fraction of sp³-hybridized carbons (Fsp3) is 0.647. The van der Waals surface area contributed by atoms with E-state index >= 15 is 0 Å². The van der Waals surface area contributed by atoms with Crippen LogP contribution in [-0.2, 0) is 0 Å². The summed E-state index contributed by atoms with van der Waals surface area (Å²) in [6, 6.07) is 6.16. The molecule has 3 rings (SSSR count). The van der Waals surface area contributed by atoms with Crippen molar-refractivity contribution in [2.45, 2.75) is 38.2 Å². The molecule has 3 heteroatoms. The van der Waals surface area contributed by atoms with E-state index in [0.29, 0.717) is 12.5 Å². The number of ether oxygens (including phenoxy) is 1. The summed E-state index contributed by atoms with van der Waals surface area (Å²) in [6.45, 7) is 2.51. The molecule has 1 aromatic rings. The van der Waals surface area contributed by atoms with Crippen molar-refractivity contribution in [3.63, 3.8) is 0 Å². The van der Waals surface area contributed by atoms with Crippen molar-refractivity contribution in [3.8, 4) is 5.75 Å². The van der Waals surface area contributed by atoms with Crippen LogP contribution in [0.1, 0.15) is 36.3 Å². The first-order chi connectivity index (χ1) is 9.63. The van der Waals surface area contributed by atoms with Gasteiger partial charge in [0.15, 0.2) is 0 Å². The molecule has 0 spiro atoms. The van der Waals surface area contributed by atoms with Crippen LogP contribution in [0.25, 0.3) is 0 Å². The van der Waals surface area contributed by atoms with E-state index in [4.69, 9.17) is 10.5 Å². The molecule has 2 aliphatic carbocycles. The molecule has 0 heterocycles. The van der Waals surface area contributed by atoms with E-state index in [1.54, 1.807) is 7.11 Å². The number of hydrogen-bond acceptors (Lipinski definition) is 3. The van der Waals surface area contributed by atoms with Crippen molar-refractivity contribution < 1.29 is 9.84 Å². The lowest BCUT2D eigenvalue weighted by molar-refractivity contribution is 0.0789. The molecular weight excluding hydrogens is 250 g/mol. The lowest BCUT2D eigenvalue weighted by Gasteiger charge is -2.28. The van der Waals surface area contributed by atoms with E-state index in [1.807, 2.05) is 13.0 Å². The second-order valence-electron chi connectivity index (χ2n) is 6.55. The van der Waals surface area contributed by atoms with Gasteiger partial charge in [-0.05, 0) is 61.1 Å². The van der Waals surface area contributed by atoms with Gasteiger partial charge < -0.3 is 15.6 Å². The first-order valence-corrected chi connectivity index (χ1v) is 7.66. The van der Waals surface area contributed by atoms with E-state index in [-0.39, 0.29) is 12.0 Å². The number of aryl methyl sites for hydroxylation is 1. The molecular formula is C17H25NO2. The predicted octanol–water partition coefficient (Wildman–Crippen LogP) is 2.45. The number of methoxy groups -OCH3 is 1. The van der Waals surface area contributed by atoms with Crippen molar-refractivity contribution >= 4 is 0 Å². The van der Waals surface area contributed by atoms with Crippen LogP contribution in [0.2, 0.25) is 0 Å². The lowest BCUT2D eigenvalue weighted by atomic mass is 9.83. The summed E-state index contributed by atoms with van der Waals surface area (Å²) >= 11 is 0. The molecule has 20 heavy (non-hydrogen) atoms. The molecule has 4 unspecified atom stereocenters. The molecule has 1 aromatic carbocycles. The van der Waals surface area contributed by atoms with Gasteiger partial charge in [0, 0.05) is 12.5 Å². The Bertz CT molecular complexity index is 478. The summed E-state index contributed by atoms with van der Waals surface area (Å²) in [4.78, 5) is 0. The monoisotopic (exact) mass is 275 g/mol. The summed E-state index contributed by atoms with van der Waals surface area (Å²) in [6.07, 6.45) is 3.44. The third-order valence-electron chi connectivity index (χ3n) is 5.29. The molecule has 0 radical (unpaired) electrons. The third kappa shape index (κ3) is 2.45. The van der Waals surface area contributed by atoms with E-state index in [9.17, 15) is 5.11 Å². The van der Waals surface area contributed by atoms with Crippen molar-refractivity contribution in [2.24, 2.45) is 23.5 Å². The Labute approximate surface area is 121 Å². The topological polar surface area (TPSA) is 55.5 Å². The van der Waals surface area contributed by atoms with Crippen LogP contribution in [0.5, 0.6) is 5.75 Å². The van der Waals surface area contributed by atoms with Crippen LogP contribution < -0.4 is 10.5 Å². The Morgan fingerprint density at radius 1 is 1.30 bits per heavy atom. The Kier molecular flexibility index (Phi) is 3.74. The minimum absolute atomic E-state index is 0.0204. The highest BCUT2D eigenvalue weighted by Crippen LogP contribution is 2.56. The number of fused-ring (bicyclic) bond motifs is 1. The maximum atomic E-state index is 10.7. The Balaban J connectivity index is 1.78. The summed E-state index contributed by atoms with van der Waals surface area (Å²) in [5.74, 6) is 3.11. The minimum Gasteiger partial charge on any atom is -0.496 e. The third-order valence-corrected chi connectivity index (χ3v) is 5.29. The molecule has 0 saturated heterocycles. The summed E-state index contributed by atoms with van der Waals surface area (Å²) in [5.41, 5.74) is 8.16. The van der Waals surface area contributed by atoms with Gasteiger partial charge in [0.25, 0.3) is 0 Å². The molecule has 0 amide bonds. The number of aliphatic hydroxyl groups is 1. The predicted molar refractivity (Wildman–Crippen MR) is 79.9 cm³/mol. The first-order valence-electron chi connectivity index (χ1n) is 7.66. The van der Waals surface area contributed by atoms with E-state index < -0.39 is 0 Å². The van der Waals surface area contributed by atoms with E-state index in [0.717, 1.165) is 28.7 Å². The second-order valence-corrected chi connectivity index (χ2v) is 6.55. The van der Waals surface area contributed by atoms with Gasteiger partial charge in [-0.2, -0.15) is 0 Å². The standard InChI is InChI=1S/C17H25NO2/c1-10-3-4-11(8-16(10)20-2)15(9-18)17(19)14-6-12-5-13(12)7-14/h3-4,8,12-15,17,19H,5-7,9,18H2,1-2H3. The smallest absolute Gasteiger partial charge is 0.122 e. The van der Waals surface area contributed by atoms with Crippen molar-refractivity contribution in [1.29, 1.82) is 0 Å². The number of hydrogen-bond donors (Lipinski definition) is 2. The van der Waals surface area contributed by atoms with Crippen LogP contribution in [0.4, 0.5) is 0 Å². The zero-order valence-electron chi connectivity index (χ0n) is 12.4. The quantitative estimate of drug-likeness (QED) is 0.868. The Morgan fingerprint density at radius 2 is 2.00 bits per heavy atom. The number of aliphatic hydroxyl groups excluding tert-OH is 1. The van der Waals surface area contributed by atoms with Crippen LogP contribution >= 0.6 is 0 Å². The lowest BCUT2D eigenvalue weighted by Crippen LogP contribution is -2.32. The molecule has 0 aromatic heterocycles. The molecule has 0 aliphatic heterocycles. The normalized spacial score (nSPS) is 30.7.